The lowest BCUT2D eigenvalue weighted by molar-refractivity contribution is 0.0926. The van der Waals surface area contributed by atoms with Crippen LogP contribution < -0.4 is 10.2 Å². The zero-order valence-corrected chi connectivity index (χ0v) is 13.4. The molecule has 0 bridgehead atoms. The molecule has 7 nitrogen and oxygen atoms in total. The van der Waals surface area contributed by atoms with Crippen molar-refractivity contribution in [3.05, 3.63) is 42.4 Å². The Kier molecular flexibility index (Phi) is 4.06. The standard InChI is InChI=1S/C17H20N6O/c24-17(14-3-6-18-10-19-14)22-13-4-7-23(8-5-13)16-9-15(12-1-2-12)20-11-21-16/h3,6,9-13H,1-2,4-5,7-8H2,(H,22,24). The molecule has 2 aromatic heterocycles. The molecule has 2 aromatic rings. The summed E-state index contributed by atoms with van der Waals surface area (Å²) in [6.07, 6.45) is 8.94. The molecule has 0 atom stereocenters. The molecule has 1 amide bonds. The van der Waals surface area contributed by atoms with Crippen LogP contribution in [0.4, 0.5) is 5.82 Å². The molecule has 0 aromatic carbocycles. The molecule has 7 heteroatoms. The van der Waals surface area contributed by atoms with Crippen molar-refractivity contribution in [2.45, 2.75) is 37.6 Å². The van der Waals surface area contributed by atoms with Crippen LogP contribution in [0.25, 0.3) is 0 Å². The van der Waals surface area contributed by atoms with E-state index < -0.39 is 0 Å². The van der Waals surface area contributed by atoms with Gasteiger partial charge in [0.05, 0.1) is 0 Å². The van der Waals surface area contributed by atoms with Crippen molar-refractivity contribution in [1.29, 1.82) is 0 Å². The fourth-order valence-electron chi connectivity index (χ4n) is 3.07. The molecule has 0 radical (unpaired) electrons. The van der Waals surface area contributed by atoms with Crippen LogP contribution in [0.3, 0.4) is 0 Å². The smallest absolute Gasteiger partial charge is 0.270 e. The van der Waals surface area contributed by atoms with Gasteiger partial charge in [0.2, 0.25) is 0 Å². The fraction of sp³-hybridized carbons (Fsp3) is 0.471. The predicted molar refractivity (Wildman–Crippen MR) is 88.7 cm³/mol. The average Bonchev–Trinajstić information content (AvgIpc) is 3.48. The highest BCUT2D eigenvalue weighted by atomic mass is 16.1. The first-order valence-electron chi connectivity index (χ1n) is 8.43. The summed E-state index contributed by atoms with van der Waals surface area (Å²) in [7, 11) is 0. The number of hydrogen-bond donors (Lipinski definition) is 1. The highest BCUT2D eigenvalue weighted by Gasteiger charge is 2.27. The molecule has 1 saturated heterocycles. The summed E-state index contributed by atoms with van der Waals surface area (Å²) in [6, 6.07) is 3.93. The molecule has 24 heavy (non-hydrogen) atoms. The Labute approximate surface area is 140 Å². The minimum absolute atomic E-state index is 0.131. The highest BCUT2D eigenvalue weighted by Crippen LogP contribution is 2.39. The molecule has 2 aliphatic rings. The number of amides is 1. The van der Waals surface area contributed by atoms with Gasteiger partial charge in [-0.15, -0.1) is 0 Å². The van der Waals surface area contributed by atoms with Crippen LogP contribution in [0.5, 0.6) is 0 Å². The molecule has 0 unspecified atom stereocenters. The Morgan fingerprint density at radius 1 is 1.08 bits per heavy atom. The summed E-state index contributed by atoms with van der Waals surface area (Å²) in [5.41, 5.74) is 1.58. The van der Waals surface area contributed by atoms with E-state index in [0.717, 1.165) is 31.7 Å². The van der Waals surface area contributed by atoms with E-state index in [0.29, 0.717) is 11.6 Å². The van der Waals surface area contributed by atoms with E-state index in [1.807, 2.05) is 0 Å². The minimum atomic E-state index is -0.131. The van der Waals surface area contributed by atoms with E-state index in [2.05, 4.69) is 36.2 Å². The van der Waals surface area contributed by atoms with Crippen molar-refractivity contribution in [3.63, 3.8) is 0 Å². The minimum Gasteiger partial charge on any atom is -0.356 e. The third kappa shape index (κ3) is 3.34. The first-order chi connectivity index (χ1) is 11.8. The van der Waals surface area contributed by atoms with Gasteiger partial charge in [-0.3, -0.25) is 4.79 Å². The Balaban J connectivity index is 1.33. The van der Waals surface area contributed by atoms with Crippen molar-refractivity contribution < 1.29 is 4.79 Å². The summed E-state index contributed by atoms with van der Waals surface area (Å²) in [6.45, 7) is 1.77. The molecule has 1 aliphatic carbocycles. The Hall–Kier alpha value is -2.57. The highest BCUT2D eigenvalue weighted by molar-refractivity contribution is 5.92. The van der Waals surface area contributed by atoms with E-state index in [1.165, 1.54) is 24.9 Å². The van der Waals surface area contributed by atoms with Gasteiger partial charge in [-0.25, -0.2) is 19.9 Å². The summed E-state index contributed by atoms with van der Waals surface area (Å²) in [4.78, 5) is 31.0. The monoisotopic (exact) mass is 324 g/mol. The van der Waals surface area contributed by atoms with Crippen molar-refractivity contribution in [2.75, 3.05) is 18.0 Å². The van der Waals surface area contributed by atoms with Crippen LogP contribution in [0.15, 0.2) is 31.0 Å². The lowest BCUT2D eigenvalue weighted by Gasteiger charge is -2.33. The van der Waals surface area contributed by atoms with Crippen molar-refractivity contribution in [2.24, 2.45) is 0 Å². The van der Waals surface area contributed by atoms with E-state index in [1.54, 1.807) is 18.6 Å². The quantitative estimate of drug-likeness (QED) is 0.918. The fourth-order valence-corrected chi connectivity index (χ4v) is 3.07. The Morgan fingerprint density at radius 3 is 2.62 bits per heavy atom. The van der Waals surface area contributed by atoms with Crippen LogP contribution in [-0.2, 0) is 0 Å². The third-order valence-corrected chi connectivity index (χ3v) is 4.64. The largest absolute Gasteiger partial charge is 0.356 e. The number of aromatic nitrogens is 4. The molecule has 1 saturated carbocycles. The maximum atomic E-state index is 12.2. The lowest BCUT2D eigenvalue weighted by Crippen LogP contribution is -2.45. The van der Waals surface area contributed by atoms with Gasteiger partial charge in [0.1, 0.15) is 24.2 Å². The summed E-state index contributed by atoms with van der Waals surface area (Å²) >= 11 is 0. The van der Waals surface area contributed by atoms with E-state index in [-0.39, 0.29) is 11.9 Å². The van der Waals surface area contributed by atoms with Crippen molar-refractivity contribution in [3.8, 4) is 0 Å². The number of carbonyl (C=O) groups excluding carboxylic acids is 1. The van der Waals surface area contributed by atoms with Gasteiger partial charge in [-0.1, -0.05) is 0 Å². The molecule has 4 rings (SSSR count). The number of nitrogens with one attached hydrogen (secondary N) is 1. The molecule has 1 aliphatic heterocycles. The lowest BCUT2D eigenvalue weighted by atomic mass is 10.0. The first-order valence-corrected chi connectivity index (χ1v) is 8.43. The Morgan fingerprint density at radius 2 is 1.92 bits per heavy atom. The zero-order chi connectivity index (χ0) is 16.4. The predicted octanol–water partition coefficient (Wildman–Crippen LogP) is 1.54. The number of nitrogens with zero attached hydrogens (tertiary/aromatic N) is 5. The second kappa shape index (κ2) is 6.51. The van der Waals surface area contributed by atoms with Crippen LogP contribution in [0, 0.1) is 0 Å². The molecular formula is C17H20N6O. The summed E-state index contributed by atoms with van der Waals surface area (Å²) in [5.74, 6) is 1.51. The van der Waals surface area contributed by atoms with Gasteiger partial charge < -0.3 is 10.2 Å². The van der Waals surface area contributed by atoms with Gasteiger partial charge in [0, 0.05) is 43.0 Å². The SMILES string of the molecule is O=C(NC1CCN(c2cc(C3CC3)ncn2)CC1)c1ccncn1. The van der Waals surface area contributed by atoms with Crippen LogP contribution in [-0.4, -0.2) is 45.0 Å². The molecule has 124 valence electrons. The number of hydrogen-bond acceptors (Lipinski definition) is 6. The first kappa shape index (κ1) is 15.0. The number of carbonyl (C=O) groups is 1. The van der Waals surface area contributed by atoms with Crippen LogP contribution in [0.1, 0.15) is 47.8 Å². The summed E-state index contributed by atoms with van der Waals surface area (Å²) < 4.78 is 0. The van der Waals surface area contributed by atoms with Crippen LogP contribution >= 0.6 is 0 Å². The van der Waals surface area contributed by atoms with E-state index >= 15 is 0 Å². The van der Waals surface area contributed by atoms with Crippen molar-refractivity contribution >= 4 is 11.7 Å². The summed E-state index contributed by atoms with van der Waals surface area (Å²) in [5, 5.41) is 3.06. The molecule has 2 fully saturated rings. The molecule has 1 N–H and O–H groups in total. The molecule has 0 spiro atoms. The topological polar surface area (TPSA) is 83.9 Å². The van der Waals surface area contributed by atoms with Gasteiger partial charge in [0.25, 0.3) is 5.91 Å². The number of piperidine rings is 1. The van der Waals surface area contributed by atoms with Crippen LogP contribution in [0.2, 0.25) is 0 Å². The van der Waals surface area contributed by atoms with E-state index in [9.17, 15) is 4.79 Å². The molecular weight excluding hydrogens is 304 g/mol. The molecule has 3 heterocycles. The van der Waals surface area contributed by atoms with Gasteiger partial charge in [-0.2, -0.15) is 0 Å². The van der Waals surface area contributed by atoms with Crippen molar-refractivity contribution in [1.82, 2.24) is 25.3 Å². The number of anilines is 1. The normalized spacial score (nSPS) is 18.4. The maximum Gasteiger partial charge on any atom is 0.270 e. The second-order valence-corrected chi connectivity index (χ2v) is 6.40. The van der Waals surface area contributed by atoms with Gasteiger partial charge in [0.15, 0.2) is 0 Å². The number of rotatable bonds is 4. The van der Waals surface area contributed by atoms with Gasteiger partial charge in [-0.05, 0) is 31.7 Å². The second-order valence-electron chi connectivity index (χ2n) is 6.40. The Bertz CT molecular complexity index is 710. The zero-order valence-electron chi connectivity index (χ0n) is 13.4. The maximum absolute atomic E-state index is 12.2. The third-order valence-electron chi connectivity index (χ3n) is 4.64. The van der Waals surface area contributed by atoms with Gasteiger partial charge >= 0.3 is 0 Å². The van der Waals surface area contributed by atoms with E-state index in [4.69, 9.17) is 0 Å². The average molecular weight is 324 g/mol.